The average Bonchev–Trinajstić information content (AvgIpc) is 3.13. The summed E-state index contributed by atoms with van der Waals surface area (Å²) in [5.74, 6) is -0.174. The number of benzene rings is 2. The summed E-state index contributed by atoms with van der Waals surface area (Å²) in [4.78, 5) is 16.4. The van der Waals surface area contributed by atoms with E-state index in [4.69, 9.17) is 11.6 Å². The van der Waals surface area contributed by atoms with Crippen LogP contribution in [-0.4, -0.2) is 10.9 Å². The smallest absolute Gasteiger partial charge is 0.244 e. The summed E-state index contributed by atoms with van der Waals surface area (Å²) in [5, 5.41) is 5.59. The van der Waals surface area contributed by atoms with E-state index >= 15 is 0 Å². The fourth-order valence-corrected chi connectivity index (χ4v) is 2.96. The van der Waals surface area contributed by atoms with Gasteiger partial charge in [0.15, 0.2) is 0 Å². The van der Waals surface area contributed by atoms with Gasteiger partial charge in [0, 0.05) is 16.5 Å². The minimum atomic E-state index is -0.240. The molecule has 0 saturated carbocycles. The molecule has 0 bridgehead atoms. The molecule has 1 unspecified atom stereocenters. The number of hydrogen-bond donors (Lipinski definition) is 1. The summed E-state index contributed by atoms with van der Waals surface area (Å²) in [6.07, 6.45) is 3.21. The lowest BCUT2D eigenvalue weighted by molar-refractivity contribution is -0.116. The molecular weight excluding hydrogens is 340 g/mol. The van der Waals surface area contributed by atoms with Crippen molar-refractivity contribution in [2.75, 3.05) is 0 Å². The van der Waals surface area contributed by atoms with Gasteiger partial charge >= 0.3 is 0 Å². The second-order valence-corrected chi connectivity index (χ2v) is 6.31. The number of nitrogens with one attached hydrogen (secondary N) is 1. The molecule has 1 heterocycles. The quantitative estimate of drug-likeness (QED) is 0.674. The molecule has 2 aromatic carbocycles. The third kappa shape index (κ3) is 4.31. The van der Waals surface area contributed by atoms with Crippen LogP contribution in [0.4, 0.5) is 0 Å². The molecule has 1 amide bonds. The predicted octanol–water partition coefficient (Wildman–Crippen LogP) is 4.72. The van der Waals surface area contributed by atoms with E-state index in [9.17, 15) is 4.79 Å². The van der Waals surface area contributed by atoms with Gasteiger partial charge in [-0.1, -0.05) is 54.1 Å². The molecule has 24 heavy (non-hydrogen) atoms. The fraction of sp³-hybridized carbons (Fsp3) is 0.0526. The first-order valence-electron chi connectivity index (χ1n) is 7.39. The molecule has 3 nitrogen and oxygen atoms in total. The molecule has 5 heteroatoms. The number of amides is 1. The maximum absolute atomic E-state index is 12.3. The van der Waals surface area contributed by atoms with Crippen LogP contribution < -0.4 is 5.32 Å². The van der Waals surface area contributed by atoms with Gasteiger partial charge in [-0.15, -0.1) is 11.3 Å². The van der Waals surface area contributed by atoms with Crippen molar-refractivity contribution < 1.29 is 4.79 Å². The molecule has 0 saturated heterocycles. The lowest BCUT2D eigenvalue weighted by atomic mass is 9.98. The lowest BCUT2D eigenvalue weighted by Gasteiger charge is -2.19. The van der Waals surface area contributed by atoms with Crippen LogP contribution in [-0.2, 0) is 4.79 Å². The Morgan fingerprint density at radius 3 is 2.46 bits per heavy atom. The molecule has 0 fully saturated rings. The van der Waals surface area contributed by atoms with Crippen molar-refractivity contribution in [2.45, 2.75) is 6.04 Å². The minimum Gasteiger partial charge on any atom is -0.342 e. The molecule has 120 valence electrons. The number of nitrogens with zero attached hydrogens (tertiary/aromatic N) is 1. The molecule has 3 rings (SSSR count). The highest BCUT2D eigenvalue weighted by atomic mass is 35.5. The second kappa shape index (κ2) is 7.90. The van der Waals surface area contributed by atoms with Gasteiger partial charge in [0.05, 0.1) is 17.2 Å². The van der Waals surface area contributed by atoms with Crippen LogP contribution in [0.3, 0.4) is 0 Å². The van der Waals surface area contributed by atoms with Gasteiger partial charge in [-0.2, -0.15) is 0 Å². The van der Waals surface area contributed by atoms with Crippen molar-refractivity contribution >= 4 is 34.9 Å². The van der Waals surface area contributed by atoms with E-state index in [-0.39, 0.29) is 11.9 Å². The molecule has 1 aromatic heterocycles. The van der Waals surface area contributed by atoms with E-state index in [1.165, 1.54) is 17.4 Å². The van der Waals surface area contributed by atoms with Crippen LogP contribution in [0, 0.1) is 0 Å². The number of halogens is 1. The van der Waals surface area contributed by atoms with E-state index in [0.717, 1.165) is 16.8 Å². The zero-order valence-corrected chi connectivity index (χ0v) is 14.3. The molecule has 1 atom stereocenters. The topological polar surface area (TPSA) is 42.0 Å². The van der Waals surface area contributed by atoms with Crippen molar-refractivity contribution in [3.63, 3.8) is 0 Å². The van der Waals surface area contributed by atoms with Crippen LogP contribution in [0.1, 0.15) is 22.9 Å². The summed E-state index contributed by atoms with van der Waals surface area (Å²) in [6, 6.07) is 17.1. The number of carbonyl (C=O) groups is 1. The van der Waals surface area contributed by atoms with Gasteiger partial charge in [-0.3, -0.25) is 4.79 Å². The van der Waals surface area contributed by atoms with Crippen LogP contribution >= 0.6 is 22.9 Å². The van der Waals surface area contributed by atoms with Crippen molar-refractivity contribution in [3.05, 3.63) is 93.4 Å². The zero-order valence-electron chi connectivity index (χ0n) is 12.7. The largest absolute Gasteiger partial charge is 0.342 e. The Kier molecular flexibility index (Phi) is 5.41. The standard InChI is InChI=1S/C19H15ClN2OS/c20-16-8-6-15(7-9-16)19(14-4-2-1-3-5-14)22-18(23)11-10-17-12-24-13-21-17/h1-13,19H,(H,22,23). The highest BCUT2D eigenvalue weighted by Crippen LogP contribution is 2.23. The maximum Gasteiger partial charge on any atom is 0.244 e. The molecule has 0 aliphatic heterocycles. The zero-order chi connectivity index (χ0) is 16.8. The van der Waals surface area contributed by atoms with Crippen LogP contribution in [0.2, 0.25) is 5.02 Å². The van der Waals surface area contributed by atoms with Gasteiger partial charge in [0.25, 0.3) is 0 Å². The fourth-order valence-electron chi connectivity index (χ4n) is 2.32. The number of thiazole rings is 1. The minimum absolute atomic E-state index is 0.174. The Morgan fingerprint density at radius 2 is 1.79 bits per heavy atom. The van der Waals surface area contributed by atoms with Crippen molar-refractivity contribution in [1.29, 1.82) is 0 Å². The lowest BCUT2D eigenvalue weighted by Crippen LogP contribution is -2.27. The van der Waals surface area contributed by atoms with E-state index in [0.29, 0.717) is 5.02 Å². The summed E-state index contributed by atoms with van der Waals surface area (Å²) >= 11 is 7.46. The van der Waals surface area contributed by atoms with E-state index in [1.807, 2.05) is 60.0 Å². The Labute approximate surface area is 149 Å². The molecule has 3 aromatic rings. The molecule has 1 N–H and O–H groups in total. The Hall–Kier alpha value is -2.43. The van der Waals surface area contributed by atoms with Crippen molar-refractivity contribution in [2.24, 2.45) is 0 Å². The van der Waals surface area contributed by atoms with Crippen LogP contribution in [0.5, 0.6) is 0 Å². The van der Waals surface area contributed by atoms with E-state index in [2.05, 4.69) is 10.3 Å². The normalized spacial score (nSPS) is 12.2. The van der Waals surface area contributed by atoms with Gasteiger partial charge in [-0.05, 0) is 29.3 Å². The van der Waals surface area contributed by atoms with E-state index in [1.54, 1.807) is 11.6 Å². The van der Waals surface area contributed by atoms with Gasteiger partial charge in [-0.25, -0.2) is 4.98 Å². The molecule has 0 aliphatic rings. The summed E-state index contributed by atoms with van der Waals surface area (Å²) in [7, 11) is 0. The highest BCUT2D eigenvalue weighted by Gasteiger charge is 2.15. The molecule has 0 radical (unpaired) electrons. The molecule has 0 spiro atoms. The monoisotopic (exact) mass is 354 g/mol. The van der Waals surface area contributed by atoms with Gasteiger partial charge in [0.1, 0.15) is 0 Å². The van der Waals surface area contributed by atoms with Crippen molar-refractivity contribution in [1.82, 2.24) is 10.3 Å². The van der Waals surface area contributed by atoms with Crippen LogP contribution in [0.25, 0.3) is 6.08 Å². The SMILES string of the molecule is O=C(C=Cc1cscn1)NC(c1ccccc1)c1ccc(Cl)cc1. The molecule has 0 aliphatic carbocycles. The highest BCUT2D eigenvalue weighted by molar-refractivity contribution is 7.07. The Bertz CT molecular complexity index is 814. The summed E-state index contributed by atoms with van der Waals surface area (Å²) < 4.78 is 0. The number of carbonyl (C=O) groups excluding carboxylic acids is 1. The Balaban J connectivity index is 1.82. The number of rotatable bonds is 5. The van der Waals surface area contributed by atoms with E-state index < -0.39 is 0 Å². The average molecular weight is 355 g/mol. The first kappa shape index (κ1) is 16.4. The molecular formula is C19H15ClN2OS. The van der Waals surface area contributed by atoms with Gasteiger partial charge < -0.3 is 5.32 Å². The first-order chi connectivity index (χ1) is 11.7. The maximum atomic E-state index is 12.3. The van der Waals surface area contributed by atoms with Gasteiger partial charge in [0.2, 0.25) is 5.91 Å². The number of aromatic nitrogens is 1. The first-order valence-corrected chi connectivity index (χ1v) is 8.71. The predicted molar refractivity (Wildman–Crippen MR) is 99.0 cm³/mol. The second-order valence-electron chi connectivity index (χ2n) is 5.15. The summed E-state index contributed by atoms with van der Waals surface area (Å²) in [6.45, 7) is 0. The third-order valence-electron chi connectivity index (χ3n) is 3.48. The third-order valence-corrected chi connectivity index (χ3v) is 4.34. The Morgan fingerprint density at radius 1 is 1.08 bits per heavy atom. The van der Waals surface area contributed by atoms with Crippen LogP contribution in [0.15, 0.2) is 71.6 Å². The van der Waals surface area contributed by atoms with Crippen molar-refractivity contribution in [3.8, 4) is 0 Å². The summed E-state index contributed by atoms with van der Waals surface area (Å²) in [5.41, 5.74) is 4.49. The number of hydrogen-bond acceptors (Lipinski definition) is 3.